The average Bonchev–Trinajstić information content (AvgIpc) is 3.29. The number of carbonyl (C=O) groups is 2. The fourth-order valence-electron chi connectivity index (χ4n) is 4.68. The number of hydrogen-bond acceptors (Lipinski definition) is 5. The van der Waals surface area contributed by atoms with Crippen molar-refractivity contribution in [3.63, 3.8) is 0 Å². The van der Waals surface area contributed by atoms with Crippen LogP contribution in [0.15, 0.2) is 60.8 Å². The molecule has 3 amide bonds. The molecule has 2 atom stereocenters. The normalized spacial score (nSPS) is 20.9. The summed E-state index contributed by atoms with van der Waals surface area (Å²) in [6.07, 6.45) is -3.06. The number of amides is 3. The van der Waals surface area contributed by atoms with Crippen molar-refractivity contribution in [1.29, 1.82) is 5.26 Å². The molecule has 184 valence electrons. The van der Waals surface area contributed by atoms with Crippen molar-refractivity contribution in [2.24, 2.45) is 0 Å². The second-order valence-corrected chi connectivity index (χ2v) is 8.77. The lowest BCUT2D eigenvalue weighted by molar-refractivity contribution is -0.138. The Hall–Kier alpha value is -4.17. The van der Waals surface area contributed by atoms with Gasteiger partial charge in [-0.05, 0) is 55.5 Å². The lowest BCUT2D eigenvalue weighted by Crippen LogP contribution is -2.69. The summed E-state index contributed by atoms with van der Waals surface area (Å²) in [5, 5.41) is 16.5. The maximum atomic E-state index is 13.8. The lowest BCUT2D eigenvalue weighted by Gasteiger charge is -2.48. The number of imide groups is 1. The number of nitrogens with one attached hydrogen (secondary N) is 1. The minimum Gasteiger partial charge on any atom is -0.312 e. The van der Waals surface area contributed by atoms with Crippen molar-refractivity contribution < 1.29 is 22.8 Å². The number of rotatable bonds is 4. The molecule has 5 rings (SSSR count). The van der Waals surface area contributed by atoms with Crippen LogP contribution in [-0.2, 0) is 11.0 Å². The summed E-state index contributed by atoms with van der Waals surface area (Å²) in [4.78, 5) is 29.7. The van der Waals surface area contributed by atoms with Gasteiger partial charge in [-0.25, -0.2) is 9.48 Å². The summed E-state index contributed by atoms with van der Waals surface area (Å²) in [7, 11) is 0. The highest BCUT2D eigenvalue weighted by Crippen LogP contribution is 2.38. The van der Waals surface area contributed by atoms with Gasteiger partial charge in [0.25, 0.3) is 0 Å². The van der Waals surface area contributed by atoms with E-state index in [2.05, 4.69) is 10.4 Å². The van der Waals surface area contributed by atoms with Crippen molar-refractivity contribution in [3.05, 3.63) is 77.6 Å². The standard InChI is InChI=1S/C25H21F3N6O2/c1-15-22(21-9-10-31-34(21)18-7-5-16(12-29)6-8-18)23(35)33(20-13-30-14-20)24(36)32(15)19-4-2-3-17(11-19)25(26,27)28/h2-11,15,20,22,30H,13-14H2,1H3. The minimum atomic E-state index is -4.58. The molecule has 2 aromatic carbocycles. The summed E-state index contributed by atoms with van der Waals surface area (Å²) in [6.45, 7) is 2.46. The van der Waals surface area contributed by atoms with Crippen LogP contribution in [0, 0.1) is 11.3 Å². The van der Waals surface area contributed by atoms with Crippen molar-refractivity contribution in [1.82, 2.24) is 20.0 Å². The molecule has 1 aromatic heterocycles. The van der Waals surface area contributed by atoms with Gasteiger partial charge in [-0.1, -0.05) is 6.07 Å². The summed E-state index contributed by atoms with van der Waals surface area (Å²) in [5.74, 6) is -1.33. The highest BCUT2D eigenvalue weighted by atomic mass is 19.4. The fraction of sp³-hybridized carbons (Fsp3) is 0.280. The summed E-state index contributed by atoms with van der Waals surface area (Å²) in [6, 6.07) is 13.0. The third-order valence-electron chi connectivity index (χ3n) is 6.61. The molecule has 2 unspecified atom stereocenters. The monoisotopic (exact) mass is 494 g/mol. The topological polar surface area (TPSA) is 94.3 Å². The first-order valence-corrected chi connectivity index (χ1v) is 11.3. The van der Waals surface area contributed by atoms with E-state index in [1.165, 1.54) is 23.2 Å². The molecule has 3 heterocycles. The molecule has 2 aliphatic rings. The van der Waals surface area contributed by atoms with E-state index in [0.717, 1.165) is 17.0 Å². The molecule has 1 N–H and O–H groups in total. The van der Waals surface area contributed by atoms with E-state index >= 15 is 0 Å². The van der Waals surface area contributed by atoms with Gasteiger partial charge in [0.15, 0.2) is 0 Å². The summed E-state index contributed by atoms with van der Waals surface area (Å²) >= 11 is 0. The number of nitrogens with zero attached hydrogens (tertiary/aromatic N) is 5. The number of hydrogen-bond donors (Lipinski definition) is 1. The van der Waals surface area contributed by atoms with Crippen LogP contribution < -0.4 is 10.2 Å². The van der Waals surface area contributed by atoms with E-state index in [-0.39, 0.29) is 5.69 Å². The number of urea groups is 1. The molecule has 2 aliphatic heterocycles. The number of benzene rings is 2. The minimum absolute atomic E-state index is 0.0570. The van der Waals surface area contributed by atoms with Gasteiger partial charge in [0.1, 0.15) is 5.92 Å². The number of carbonyl (C=O) groups excluding carboxylic acids is 2. The van der Waals surface area contributed by atoms with E-state index in [4.69, 9.17) is 5.26 Å². The van der Waals surface area contributed by atoms with Gasteiger partial charge >= 0.3 is 12.2 Å². The van der Waals surface area contributed by atoms with Crippen LogP contribution in [0.4, 0.5) is 23.7 Å². The van der Waals surface area contributed by atoms with Gasteiger partial charge in [-0.2, -0.15) is 23.5 Å². The average molecular weight is 494 g/mol. The second-order valence-electron chi connectivity index (χ2n) is 8.77. The zero-order valence-electron chi connectivity index (χ0n) is 19.1. The van der Waals surface area contributed by atoms with E-state index < -0.39 is 41.7 Å². The van der Waals surface area contributed by atoms with Crippen LogP contribution in [0.2, 0.25) is 0 Å². The quantitative estimate of drug-likeness (QED) is 0.597. The summed E-state index contributed by atoms with van der Waals surface area (Å²) in [5.41, 5.74) is 0.723. The Morgan fingerprint density at radius 2 is 1.75 bits per heavy atom. The molecular weight excluding hydrogens is 473 g/mol. The zero-order valence-corrected chi connectivity index (χ0v) is 19.1. The molecular formula is C25H21F3N6O2. The van der Waals surface area contributed by atoms with Gasteiger partial charge in [-0.3, -0.25) is 14.6 Å². The number of aromatic nitrogens is 2. The highest BCUT2D eigenvalue weighted by molar-refractivity contribution is 6.09. The first-order valence-electron chi connectivity index (χ1n) is 11.3. The Morgan fingerprint density at radius 3 is 2.36 bits per heavy atom. The van der Waals surface area contributed by atoms with Crippen LogP contribution in [0.1, 0.15) is 29.7 Å². The third kappa shape index (κ3) is 3.89. The van der Waals surface area contributed by atoms with Gasteiger partial charge in [0, 0.05) is 25.0 Å². The molecule has 2 saturated heterocycles. The number of nitriles is 1. The van der Waals surface area contributed by atoms with Gasteiger partial charge < -0.3 is 5.32 Å². The Labute approximate surface area is 204 Å². The maximum absolute atomic E-state index is 13.8. The Bertz CT molecular complexity index is 1360. The Balaban J connectivity index is 1.61. The van der Waals surface area contributed by atoms with Crippen molar-refractivity contribution in [2.45, 2.75) is 31.1 Å². The van der Waals surface area contributed by atoms with Crippen molar-refractivity contribution >= 4 is 17.6 Å². The number of anilines is 1. The predicted molar refractivity (Wildman–Crippen MR) is 123 cm³/mol. The van der Waals surface area contributed by atoms with Crippen molar-refractivity contribution in [3.8, 4) is 11.8 Å². The van der Waals surface area contributed by atoms with Crippen molar-refractivity contribution in [2.75, 3.05) is 18.0 Å². The van der Waals surface area contributed by atoms with Crippen LogP contribution >= 0.6 is 0 Å². The maximum Gasteiger partial charge on any atom is 0.416 e. The molecule has 2 fully saturated rings. The third-order valence-corrected chi connectivity index (χ3v) is 6.61. The van der Waals surface area contributed by atoms with E-state index in [1.807, 2.05) is 6.07 Å². The Kier molecular flexibility index (Phi) is 5.76. The molecule has 0 saturated carbocycles. The zero-order chi connectivity index (χ0) is 25.6. The smallest absolute Gasteiger partial charge is 0.312 e. The van der Waals surface area contributed by atoms with E-state index in [0.29, 0.717) is 30.0 Å². The van der Waals surface area contributed by atoms with Crippen LogP contribution in [-0.4, -0.2) is 51.8 Å². The Morgan fingerprint density at radius 1 is 1.03 bits per heavy atom. The van der Waals surface area contributed by atoms with E-state index in [1.54, 1.807) is 41.9 Å². The molecule has 0 radical (unpaired) electrons. The molecule has 0 aliphatic carbocycles. The predicted octanol–water partition coefficient (Wildman–Crippen LogP) is 3.68. The van der Waals surface area contributed by atoms with Gasteiger partial charge in [0.05, 0.1) is 40.7 Å². The molecule has 0 bridgehead atoms. The SMILES string of the molecule is CC1C(c2ccnn2-c2ccc(C#N)cc2)C(=O)N(C2CNC2)C(=O)N1c1cccc(C(F)(F)F)c1. The number of alkyl halides is 3. The van der Waals surface area contributed by atoms with Gasteiger partial charge in [-0.15, -0.1) is 0 Å². The van der Waals surface area contributed by atoms with Crippen LogP contribution in [0.5, 0.6) is 0 Å². The van der Waals surface area contributed by atoms with Gasteiger partial charge in [0.2, 0.25) is 5.91 Å². The second kappa shape index (κ2) is 8.80. The first-order chi connectivity index (χ1) is 17.2. The number of halogens is 3. The molecule has 0 spiro atoms. The first kappa shape index (κ1) is 23.6. The molecule has 8 nitrogen and oxygen atoms in total. The molecule has 3 aromatic rings. The molecule has 36 heavy (non-hydrogen) atoms. The largest absolute Gasteiger partial charge is 0.416 e. The highest BCUT2D eigenvalue weighted by Gasteiger charge is 2.50. The molecule has 11 heteroatoms. The summed E-state index contributed by atoms with van der Waals surface area (Å²) < 4.78 is 41.9. The lowest BCUT2D eigenvalue weighted by atomic mass is 9.89. The van der Waals surface area contributed by atoms with Crippen LogP contribution in [0.3, 0.4) is 0 Å². The van der Waals surface area contributed by atoms with Crippen LogP contribution in [0.25, 0.3) is 5.69 Å². The van der Waals surface area contributed by atoms with E-state index in [9.17, 15) is 22.8 Å². The fourth-order valence-corrected chi connectivity index (χ4v) is 4.68.